The first-order valence-electron chi connectivity index (χ1n) is 5.08. The molecule has 1 N–H and O–H groups in total. The minimum Gasteiger partial charge on any atom is -0.380 e. The highest BCUT2D eigenvalue weighted by Gasteiger charge is 2.14. The molecular weight excluding hydrogens is 176 g/mol. The monoisotopic (exact) mass is 192 g/mol. The zero-order chi connectivity index (χ0) is 9.80. The zero-order valence-electron chi connectivity index (χ0n) is 8.49. The van der Waals surface area contributed by atoms with E-state index in [1.165, 1.54) is 5.56 Å². The van der Waals surface area contributed by atoms with Crippen LogP contribution in [0.1, 0.15) is 17.7 Å². The van der Waals surface area contributed by atoms with Gasteiger partial charge >= 0.3 is 0 Å². The third-order valence-electron chi connectivity index (χ3n) is 2.61. The number of aromatic nitrogens is 1. The maximum Gasteiger partial charge on any atom is 0.0620 e. The third kappa shape index (κ3) is 2.30. The van der Waals surface area contributed by atoms with Gasteiger partial charge in [-0.3, -0.25) is 4.98 Å². The summed E-state index contributed by atoms with van der Waals surface area (Å²) >= 11 is 0. The van der Waals surface area contributed by atoms with Gasteiger partial charge in [-0.25, -0.2) is 0 Å². The molecule has 3 nitrogen and oxygen atoms in total. The van der Waals surface area contributed by atoms with Crippen LogP contribution in [0.3, 0.4) is 0 Å². The van der Waals surface area contributed by atoms with E-state index in [1.807, 2.05) is 12.3 Å². The van der Waals surface area contributed by atoms with E-state index in [9.17, 15) is 0 Å². The molecule has 0 aliphatic carbocycles. The van der Waals surface area contributed by atoms with Crippen molar-refractivity contribution in [2.24, 2.45) is 0 Å². The summed E-state index contributed by atoms with van der Waals surface area (Å²) in [5.41, 5.74) is 2.39. The van der Waals surface area contributed by atoms with Gasteiger partial charge in [0.1, 0.15) is 0 Å². The fourth-order valence-corrected chi connectivity index (χ4v) is 1.64. The molecule has 1 atom stereocenters. The maximum atomic E-state index is 5.29. The lowest BCUT2D eigenvalue weighted by Gasteiger charge is -2.10. The first-order chi connectivity index (χ1) is 6.86. The lowest BCUT2D eigenvalue weighted by Crippen LogP contribution is -2.29. The zero-order valence-corrected chi connectivity index (χ0v) is 8.49. The minimum absolute atomic E-state index is 0.511. The molecule has 76 valence electrons. The second-order valence-corrected chi connectivity index (χ2v) is 3.71. The van der Waals surface area contributed by atoms with Crippen LogP contribution in [-0.2, 0) is 11.3 Å². The van der Waals surface area contributed by atoms with Crippen LogP contribution in [0.15, 0.2) is 18.3 Å². The van der Waals surface area contributed by atoms with Gasteiger partial charge in [-0.15, -0.1) is 0 Å². The number of hydrogen-bond donors (Lipinski definition) is 1. The fraction of sp³-hybridized carbons (Fsp3) is 0.545. The smallest absolute Gasteiger partial charge is 0.0620 e. The Morgan fingerprint density at radius 3 is 3.29 bits per heavy atom. The number of hydrogen-bond acceptors (Lipinski definition) is 3. The van der Waals surface area contributed by atoms with E-state index < -0.39 is 0 Å². The first kappa shape index (κ1) is 9.62. The number of aryl methyl sites for hydroxylation is 1. The van der Waals surface area contributed by atoms with Crippen molar-refractivity contribution in [3.8, 4) is 0 Å². The van der Waals surface area contributed by atoms with Crippen LogP contribution in [0.5, 0.6) is 0 Å². The van der Waals surface area contributed by atoms with Gasteiger partial charge in [-0.2, -0.15) is 0 Å². The number of ether oxygens (including phenoxy) is 1. The molecule has 1 unspecified atom stereocenters. The van der Waals surface area contributed by atoms with E-state index in [-0.39, 0.29) is 0 Å². The second-order valence-electron chi connectivity index (χ2n) is 3.71. The van der Waals surface area contributed by atoms with Crippen molar-refractivity contribution >= 4 is 0 Å². The summed E-state index contributed by atoms with van der Waals surface area (Å²) in [6.45, 7) is 4.67. The molecule has 2 rings (SSSR count). The molecule has 1 saturated heterocycles. The van der Waals surface area contributed by atoms with Crippen LogP contribution in [0, 0.1) is 6.92 Å². The molecule has 1 aliphatic heterocycles. The topological polar surface area (TPSA) is 34.2 Å². The fourth-order valence-electron chi connectivity index (χ4n) is 1.64. The predicted octanol–water partition coefficient (Wildman–Crippen LogP) is 1.27. The highest BCUT2D eigenvalue weighted by atomic mass is 16.5. The normalized spacial score (nSPS) is 21.4. The van der Waals surface area contributed by atoms with Gasteiger partial charge in [0.15, 0.2) is 0 Å². The van der Waals surface area contributed by atoms with E-state index in [4.69, 9.17) is 4.74 Å². The molecular formula is C11H16N2O. The van der Waals surface area contributed by atoms with E-state index in [1.54, 1.807) is 0 Å². The summed E-state index contributed by atoms with van der Waals surface area (Å²) in [6, 6.07) is 4.57. The molecule has 0 amide bonds. The Morgan fingerprint density at radius 1 is 1.64 bits per heavy atom. The SMILES string of the molecule is Cc1cccnc1CNC1CCOC1. The molecule has 0 bridgehead atoms. The van der Waals surface area contributed by atoms with E-state index in [0.717, 1.165) is 31.9 Å². The number of pyridine rings is 1. The Morgan fingerprint density at radius 2 is 2.57 bits per heavy atom. The summed E-state index contributed by atoms with van der Waals surface area (Å²) in [7, 11) is 0. The molecule has 0 saturated carbocycles. The standard InChI is InChI=1S/C11H16N2O/c1-9-3-2-5-12-11(9)7-13-10-4-6-14-8-10/h2-3,5,10,13H,4,6-8H2,1H3. The maximum absolute atomic E-state index is 5.29. The summed E-state index contributed by atoms with van der Waals surface area (Å²) in [4.78, 5) is 4.34. The molecule has 3 heteroatoms. The van der Waals surface area contributed by atoms with Crippen molar-refractivity contribution < 1.29 is 4.74 Å². The summed E-state index contributed by atoms with van der Waals surface area (Å²) < 4.78 is 5.29. The molecule has 14 heavy (non-hydrogen) atoms. The number of rotatable bonds is 3. The van der Waals surface area contributed by atoms with Crippen LogP contribution >= 0.6 is 0 Å². The van der Waals surface area contributed by atoms with Crippen LogP contribution in [0.2, 0.25) is 0 Å². The van der Waals surface area contributed by atoms with E-state index in [2.05, 4.69) is 23.3 Å². The molecule has 0 radical (unpaired) electrons. The third-order valence-corrected chi connectivity index (χ3v) is 2.61. The largest absolute Gasteiger partial charge is 0.380 e. The van der Waals surface area contributed by atoms with Gasteiger partial charge in [0.05, 0.1) is 12.3 Å². The van der Waals surface area contributed by atoms with Gasteiger partial charge in [0.2, 0.25) is 0 Å². The van der Waals surface area contributed by atoms with Crippen molar-refractivity contribution in [2.75, 3.05) is 13.2 Å². The van der Waals surface area contributed by atoms with Crippen LogP contribution in [0.25, 0.3) is 0 Å². The Balaban J connectivity index is 1.88. The van der Waals surface area contributed by atoms with Gasteiger partial charge in [0.25, 0.3) is 0 Å². The van der Waals surface area contributed by atoms with Gasteiger partial charge in [-0.05, 0) is 25.0 Å². The molecule has 1 fully saturated rings. The quantitative estimate of drug-likeness (QED) is 0.783. The summed E-state index contributed by atoms with van der Waals surface area (Å²) in [5, 5.41) is 3.45. The van der Waals surface area contributed by atoms with Gasteiger partial charge in [-0.1, -0.05) is 6.07 Å². The van der Waals surface area contributed by atoms with Gasteiger partial charge in [0, 0.05) is 25.4 Å². The van der Waals surface area contributed by atoms with Crippen LogP contribution in [0.4, 0.5) is 0 Å². The average molecular weight is 192 g/mol. The van der Waals surface area contributed by atoms with Crippen molar-refractivity contribution in [3.05, 3.63) is 29.6 Å². The first-order valence-corrected chi connectivity index (χ1v) is 5.08. The highest BCUT2D eigenvalue weighted by Crippen LogP contribution is 2.06. The van der Waals surface area contributed by atoms with Crippen molar-refractivity contribution in [2.45, 2.75) is 25.9 Å². The number of nitrogens with one attached hydrogen (secondary N) is 1. The highest BCUT2D eigenvalue weighted by molar-refractivity contribution is 5.17. The molecule has 0 spiro atoms. The van der Waals surface area contributed by atoms with Crippen molar-refractivity contribution in [1.82, 2.24) is 10.3 Å². The second kappa shape index (κ2) is 4.53. The lowest BCUT2D eigenvalue weighted by molar-refractivity contribution is 0.189. The Labute approximate surface area is 84.5 Å². The van der Waals surface area contributed by atoms with E-state index in [0.29, 0.717) is 6.04 Å². The molecule has 1 aromatic rings. The Bertz CT molecular complexity index is 295. The molecule has 0 aromatic carbocycles. The van der Waals surface area contributed by atoms with Crippen LogP contribution in [-0.4, -0.2) is 24.2 Å². The average Bonchev–Trinajstić information content (AvgIpc) is 2.69. The summed E-state index contributed by atoms with van der Waals surface area (Å²) in [6.07, 6.45) is 2.96. The lowest BCUT2D eigenvalue weighted by atomic mass is 10.2. The Hall–Kier alpha value is -0.930. The summed E-state index contributed by atoms with van der Waals surface area (Å²) in [5.74, 6) is 0. The predicted molar refractivity (Wildman–Crippen MR) is 55.0 cm³/mol. The molecule has 1 aliphatic rings. The van der Waals surface area contributed by atoms with Crippen molar-refractivity contribution in [1.29, 1.82) is 0 Å². The number of nitrogens with zero attached hydrogens (tertiary/aromatic N) is 1. The van der Waals surface area contributed by atoms with E-state index >= 15 is 0 Å². The molecule has 1 aromatic heterocycles. The molecule has 2 heterocycles. The Kier molecular flexibility index (Phi) is 3.11. The minimum atomic E-state index is 0.511. The van der Waals surface area contributed by atoms with Crippen LogP contribution < -0.4 is 5.32 Å². The van der Waals surface area contributed by atoms with Crippen molar-refractivity contribution in [3.63, 3.8) is 0 Å². The van der Waals surface area contributed by atoms with Gasteiger partial charge < -0.3 is 10.1 Å².